The maximum atomic E-state index is 12.6. The van der Waals surface area contributed by atoms with Gasteiger partial charge in [0.05, 0.1) is 0 Å². The Balaban J connectivity index is 1.51. The van der Waals surface area contributed by atoms with Crippen molar-refractivity contribution in [1.82, 2.24) is 9.80 Å². The molecule has 1 heterocycles. The summed E-state index contributed by atoms with van der Waals surface area (Å²) in [5.74, 6) is 0.515. The number of urea groups is 1. The SMILES string of the molecule is CCc1ccccc1NC(=O)N1CCN(C(=O)C2CCCCC2)CC1. The first kappa shape index (κ1) is 17.8. The van der Waals surface area contributed by atoms with Crippen LogP contribution in [-0.4, -0.2) is 47.9 Å². The molecule has 5 heteroatoms. The molecule has 0 bridgehead atoms. The van der Waals surface area contributed by atoms with Gasteiger partial charge in [-0.1, -0.05) is 44.4 Å². The predicted molar refractivity (Wildman–Crippen MR) is 99.6 cm³/mol. The lowest BCUT2D eigenvalue weighted by molar-refractivity contribution is -0.137. The van der Waals surface area contributed by atoms with Crippen LogP contribution >= 0.6 is 0 Å². The highest BCUT2D eigenvalue weighted by molar-refractivity contribution is 5.90. The average molecular weight is 343 g/mol. The number of piperazine rings is 1. The lowest BCUT2D eigenvalue weighted by Gasteiger charge is -2.37. The summed E-state index contributed by atoms with van der Waals surface area (Å²) in [5.41, 5.74) is 2.03. The van der Waals surface area contributed by atoms with Crippen molar-refractivity contribution in [1.29, 1.82) is 0 Å². The summed E-state index contributed by atoms with van der Waals surface area (Å²) < 4.78 is 0. The maximum absolute atomic E-state index is 12.6. The van der Waals surface area contributed by atoms with Gasteiger partial charge in [0.2, 0.25) is 5.91 Å². The second kappa shape index (κ2) is 8.37. The van der Waals surface area contributed by atoms with Crippen LogP contribution in [0.5, 0.6) is 0 Å². The van der Waals surface area contributed by atoms with Gasteiger partial charge in [0.15, 0.2) is 0 Å². The van der Waals surface area contributed by atoms with Gasteiger partial charge in [0, 0.05) is 37.8 Å². The van der Waals surface area contributed by atoms with E-state index in [1.807, 2.05) is 34.1 Å². The quantitative estimate of drug-likeness (QED) is 0.913. The largest absolute Gasteiger partial charge is 0.339 e. The molecular weight excluding hydrogens is 314 g/mol. The molecule has 0 atom stereocenters. The van der Waals surface area contributed by atoms with Crippen molar-refractivity contribution in [3.63, 3.8) is 0 Å². The molecule has 1 saturated heterocycles. The van der Waals surface area contributed by atoms with E-state index in [-0.39, 0.29) is 11.9 Å². The van der Waals surface area contributed by atoms with Crippen LogP contribution in [0, 0.1) is 5.92 Å². The van der Waals surface area contributed by atoms with E-state index < -0.39 is 0 Å². The summed E-state index contributed by atoms with van der Waals surface area (Å²) in [7, 11) is 0. The number of amides is 3. The Morgan fingerprint density at radius 3 is 2.32 bits per heavy atom. The van der Waals surface area contributed by atoms with Gasteiger partial charge in [-0.05, 0) is 30.9 Å². The van der Waals surface area contributed by atoms with Gasteiger partial charge in [-0.25, -0.2) is 4.79 Å². The molecule has 1 aromatic rings. The summed E-state index contributed by atoms with van der Waals surface area (Å²) in [6, 6.07) is 7.85. The molecule has 0 unspecified atom stereocenters. The van der Waals surface area contributed by atoms with E-state index in [2.05, 4.69) is 12.2 Å². The predicted octanol–water partition coefficient (Wildman–Crippen LogP) is 3.51. The molecule has 1 N–H and O–H groups in total. The van der Waals surface area contributed by atoms with Crippen molar-refractivity contribution in [3.8, 4) is 0 Å². The van der Waals surface area contributed by atoms with Gasteiger partial charge in [-0.2, -0.15) is 0 Å². The van der Waals surface area contributed by atoms with Crippen LogP contribution in [0.3, 0.4) is 0 Å². The number of nitrogens with one attached hydrogen (secondary N) is 1. The van der Waals surface area contributed by atoms with Gasteiger partial charge in [0.25, 0.3) is 0 Å². The molecular formula is C20H29N3O2. The van der Waals surface area contributed by atoms with Gasteiger partial charge in [-0.3, -0.25) is 4.79 Å². The molecule has 0 radical (unpaired) electrons. The molecule has 2 fully saturated rings. The zero-order valence-electron chi connectivity index (χ0n) is 15.2. The minimum atomic E-state index is -0.0642. The molecule has 0 spiro atoms. The monoisotopic (exact) mass is 343 g/mol. The molecule has 2 aliphatic rings. The second-order valence-electron chi connectivity index (χ2n) is 7.09. The molecule has 136 valence electrons. The first-order valence-corrected chi connectivity index (χ1v) is 9.61. The lowest BCUT2D eigenvalue weighted by Crippen LogP contribution is -2.53. The number of nitrogens with zero attached hydrogens (tertiary/aromatic N) is 2. The topological polar surface area (TPSA) is 52.7 Å². The van der Waals surface area contributed by atoms with Crippen LogP contribution in [0.25, 0.3) is 0 Å². The fraction of sp³-hybridized carbons (Fsp3) is 0.600. The Labute approximate surface area is 150 Å². The third-order valence-corrected chi connectivity index (χ3v) is 5.47. The fourth-order valence-electron chi connectivity index (χ4n) is 3.88. The second-order valence-corrected chi connectivity index (χ2v) is 7.09. The first-order chi connectivity index (χ1) is 12.2. The highest BCUT2D eigenvalue weighted by Gasteiger charge is 2.29. The highest BCUT2D eigenvalue weighted by Crippen LogP contribution is 2.26. The van der Waals surface area contributed by atoms with Crippen molar-refractivity contribution in [2.24, 2.45) is 5.92 Å². The lowest BCUT2D eigenvalue weighted by atomic mass is 9.88. The van der Waals surface area contributed by atoms with E-state index in [0.29, 0.717) is 32.1 Å². The van der Waals surface area contributed by atoms with E-state index in [1.165, 1.54) is 19.3 Å². The molecule has 3 amide bonds. The number of hydrogen-bond acceptors (Lipinski definition) is 2. The molecule has 25 heavy (non-hydrogen) atoms. The van der Waals surface area contributed by atoms with Crippen molar-refractivity contribution < 1.29 is 9.59 Å². The first-order valence-electron chi connectivity index (χ1n) is 9.61. The zero-order chi connectivity index (χ0) is 17.6. The summed E-state index contributed by atoms with van der Waals surface area (Å²) >= 11 is 0. The van der Waals surface area contributed by atoms with Crippen LogP contribution in [0.15, 0.2) is 24.3 Å². The van der Waals surface area contributed by atoms with Crippen LogP contribution in [0.4, 0.5) is 10.5 Å². The standard InChI is InChI=1S/C20H29N3O2/c1-2-16-8-6-7-11-18(16)21-20(25)23-14-12-22(13-15-23)19(24)17-9-4-3-5-10-17/h6-8,11,17H,2-5,9-10,12-15H2,1H3,(H,21,25). The van der Waals surface area contributed by atoms with Crippen molar-refractivity contribution in [3.05, 3.63) is 29.8 Å². The fourth-order valence-corrected chi connectivity index (χ4v) is 3.88. The van der Waals surface area contributed by atoms with E-state index in [0.717, 1.165) is 30.5 Å². The third-order valence-electron chi connectivity index (χ3n) is 5.47. The third kappa shape index (κ3) is 4.33. The van der Waals surface area contributed by atoms with Crippen molar-refractivity contribution >= 4 is 17.6 Å². The van der Waals surface area contributed by atoms with Crippen LogP contribution in [-0.2, 0) is 11.2 Å². The van der Waals surface area contributed by atoms with Gasteiger partial charge >= 0.3 is 6.03 Å². The number of aryl methyl sites for hydroxylation is 1. The van der Waals surface area contributed by atoms with E-state index in [4.69, 9.17) is 0 Å². The van der Waals surface area contributed by atoms with Crippen LogP contribution < -0.4 is 5.32 Å². The molecule has 1 aliphatic heterocycles. The number of rotatable bonds is 3. The molecule has 3 rings (SSSR count). The number of carbonyl (C=O) groups is 2. The number of anilines is 1. The average Bonchev–Trinajstić information content (AvgIpc) is 2.68. The maximum Gasteiger partial charge on any atom is 0.321 e. The Kier molecular flexibility index (Phi) is 5.95. The van der Waals surface area contributed by atoms with Crippen molar-refractivity contribution in [2.45, 2.75) is 45.4 Å². The Morgan fingerprint density at radius 1 is 1.00 bits per heavy atom. The van der Waals surface area contributed by atoms with Gasteiger partial charge in [-0.15, -0.1) is 0 Å². The molecule has 1 aromatic carbocycles. The smallest absolute Gasteiger partial charge is 0.321 e. The number of benzene rings is 1. The Bertz CT molecular complexity index is 603. The Hall–Kier alpha value is -2.04. The van der Waals surface area contributed by atoms with Gasteiger partial charge < -0.3 is 15.1 Å². The molecule has 0 aromatic heterocycles. The van der Waals surface area contributed by atoms with Crippen molar-refractivity contribution in [2.75, 3.05) is 31.5 Å². The van der Waals surface area contributed by atoms with Gasteiger partial charge in [0.1, 0.15) is 0 Å². The molecule has 1 aliphatic carbocycles. The van der Waals surface area contributed by atoms with Crippen LogP contribution in [0.2, 0.25) is 0 Å². The zero-order valence-corrected chi connectivity index (χ0v) is 15.2. The van der Waals surface area contributed by atoms with E-state index >= 15 is 0 Å². The van der Waals surface area contributed by atoms with Crippen LogP contribution in [0.1, 0.15) is 44.6 Å². The summed E-state index contributed by atoms with van der Waals surface area (Å²) in [5, 5.41) is 3.02. The Morgan fingerprint density at radius 2 is 1.64 bits per heavy atom. The summed E-state index contributed by atoms with van der Waals surface area (Å²) in [4.78, 5) is 28.9. The normalized spacial score (nSPS) is 18.9. The minimum absolute atomic E-state index is 0.0642. The highest BCUT2D eigenvalue weighted by atomic mass is 16.2. The summed E-state index contributed by atoms with van der Waals surface area (Å²) in [6.07, 6.45) is 6.57. The number of carbonyl (C=O) groups excluding carboxylic acids is 2. The molecule has 1 saturated carbocycles. The number of hydrogen-bond donors (Lipinski definition) is 1. The number of para-hydroxylation sites is 1. The van der Waals surface area contributed by atoms with E-state index in [1.54, 1.807) is 0 Å². The minimum Gasteiger partial charge on any atom is -0.339 e. The molecule has 5 nitrogen and oxygen atoms in total. The summed E-state index contributed by atoms with van der Waals surface area (Å²) in [6.45, 7) is 4.61. The van der Waals surface area contributed by atoms with E-state index in [9.17, 15) is 9.59 Å².